The SMILES string of the molecule is CCOc1cc([C@@H]2Nc3ccc4ccccc4c3C3=C2C(=O)CCC3)ccc1OC(C)=O. The molecule has 3 aromatic carbocycles. The first-order chi connectivity index (χ1) is 15.6. The summed E-state index contributed by atoms with van der Waals surface area (Å²) in [5, 5.41) is 5.96. The van der Waals surface area contributed by atoms with Gasteiger partial charge >= 0.3 is 5.97 Å². The number of carbonyl (C=O) groups is 2. The average molecular weight is 428 g/mol. The van der Waals surface area contributed by atoms with E-state index in [9.17, 15) is 9.59 Å². The van der Waals surface area contributed by atoms with E-state index < -0.39 is 5.97 Å². The van der Waals surface area contributed by atoms with Crippen molar-refractivity contribution in [3.63, 3.8) is 0 Å². The van der Waals surface area contributed by atoms with E-state index in [0.717, 1.165) is 40.8 Å². The van der Waals surface area contributed by atoms with E-state index in [1.54, 1.807) is 6.07 Å². The zero-order valence-corrected chi connectivity index (χ0v) is 18.2. The molecular weight excluding hydrogens is 402 g/mol. The van der Waals surface area contributed by atoms with Crippen LogP contribution >= 0.6 is 0 Å². The van der Waals surface area contributed by atoms with Gasteiger partial charge in [0.1, 0.15) is 0 Å². The van der Waals surface area contributed by atoms with Crippen molar-refractivity contribution in [1.29, 1.82) is 0 Å². The summed E-state index contributed by atoms with van der Waals surface area (Å²) in [5.74, 6) is 0.665. The van der Waals surface area contributed by atoms with Crippen molar-refractivity contribution in [1.82, 2.24) is 0 Å². The molecule has 0 saturated heterocycles. The topological polar surface area (TPSA) is 64.6 Å². The van der Waals surface area contributed by atoms with Gasteiger partial charge in [0.25, 0.3) is 0 Å². The fraction of sp³-hybridized carbons (Fsp3) is 0.259. The number of rotatable bonds is 4. The molecule has 0 saturated carbocycles. The molecule has 1 aliphatic heterocycles. The van der Waals surface area contributed by atoms with Crippen LogP contribution in [0.15, 0.2) is 60.2 Å². The summed E-state index contributed by atoms with van der Waals surface area (Å²) in [6.45, 7) is 3.69. The number of allylic oxidation sites excluding steroid dienone is 1. The Morgan fingerprint density at radius 2 is 1.91 bits per heavy atom. The first kappa shape index (κ1) is 20.3. The fourth-order valence-corrected chi connectivity index (χ4v) is 4.86. The van der Waals surface area contributed by atoms with Crippen LogP contribution in [0.25, 0.3) is 16.3 Å². The monoisotopic (exact) mass is 427 g/mol. The lowest BCUT2D eigenvalue weighted by Crippen LogP contribution is -2.27. The quantitative estimate of drug-likeness (QED) is 0.419. The van der Waals surface area contributed by atoms with Crippen molar-refractivity contribution < 1.29 is 19.1 Å². The molecule has 3 aromatic rings. The van der Waals surface area contributed by atoms with E-state index in [2.05, 4.69) is 29.6 Å². The summed E-state index contributed by atoms with van der Waals surface area (Å²) in [4.78, 5) is 24.7. The second-order valence-corrected chi connectivity index (χ2v) is 8.19. The van der Waals surface area contributed by atoms with Gasteiger partial charge in [-0.1, -0.05) is 36.4 Å². The van der Waals surface area contributed by atoms with Gasteiger partial charge in [-0.25, -0.2) is 0 Å². The molecule has 5 rings (SSSR count). The number of ketones is 1. The molecule has 1 atom stereocenters. The summed E-state index contributed by atoms with van der Waals surface area (Å²) < 4.78 is 11.1. The van der Waals surface area contributed by atoms with Crippen LogP contribution in [0.1, 0.15) is 50.3 Å². The molecule has 1 aliphatic carbocycles. The predicted octanol–water partition coefficient (Wildman–Crippen LogP) is 5.84. The highest BCUT2D eigenvalue weighted by Gasteiger charge is 2.35. The lowest BCUT2D eigenvalue weighted by Gasteiger charge is -2.35. The number of ether oxygens (including phenoxy) is 2. The maximum atomic E-state index is 13.2. The van der Waals surface area contributed by atoms with Crippen LogP contribution in [0, 0.1) is 0 Å². The fourth-order valence-electron chi connectivity index (χ4n) is 4.86. The predicted molar refractivity (Wildman–Crippen MR) is 125 cm³/mol. The zero-order chi connectivity index (χ0) is 22.2. The summed E-state index contributed by atoms with van der Waals surface area (Å²) in [6, 6.07) is 17.8. The van der Waals surface area contributed by atoms with Crippen molar-refractivity contribution in [3.8, 4) is 11.5 Å². The lowest BCUT2D eigenvalue weighted by molar-refractivity contribution is -0.132. The third-order valence-electron chi connectivity index (χ3n) is 6.13. The Bertz CT molecular complexity index is 1270. The van der Waals surface area contributed by atoms with E-state index >= 15 is 0 Å². The number of hydrogen-bond acceptors (Lipinski definition) is 5. The van der Waals surface area contributed by atoms with Crippen molar-refractivity contribution >= 4 is 33.8 Å². The van der Waals surface area contributed by atoms with Crippen LogP contribution in [-0.4, -0.2) is 18.4 Å². The Morgan fingerprint density at radius 3 is 2.72 bits per heavy atom. The average Bonchev–Trinajstić information content (AvgIpc) is 2.79. The van der Waals surface area contributed by atoms with Crippen molar-refractivity contribution in [2.24, 2.45) is 0 Å². The van der Waals surface area contributed by atoms with Crippen molar-refractivity contribution in [2.75, 3.05) is 11.9 Å². The highest BCUT2D eigenvalue weighted by atomic mass is 16.6. The Morgan fingerprint density at radius 1 is 1.06 bits per heavy atom. The molecule has 5 heteroatoms. The lowest BCUT2D eigenvalue weighted by atomic mass is 9.77. The number of nitrogens with one attached hydrogen (secondary N) is 1. The smallest absolute Gasteiger partial charge is 0.308 e. The second kappa shape index (κ2) is 8.15. The highest BCUT2D eigenvalue weighted by Crippen LogP contribution is 2.48. The van der Waals surface area contributed by atoms with Crippen LogP contribution in [0.2, 0.25) is 0 Å². The first-order valence-corrected chi connectivity index (χ1v) is 11.1. The largest absolute Gasteiger partial charge is 0.490 e. The second-order valence-electron chi connectivity index (χ2n) is 8.19. The normalized spacial score (nSPS) is 17.4. The maximum Gasteiger partial charge on any atom is 0.308 e. The third-order valence-corrected chi connectivity index (χ3v) is 6.13. The van der Waals surface area contributed by atoms with Crippen molar-refractivity contribution in [2.45, 2.75) is 39.2 Å². The number of esters is 1. The molecule has 32 heavy (non-hydrogen) atoms. The number of hydrogen-bond donors (Lipinski definition) is 1. The summed E-state index contributed by atoms with van der Waals surface area (Å²) in [5.41, 5.74) is 5.06. The molecule has 0 unspecified atom stereocenters. The standard InChI is InChI=1S/C27H25NO4/c1-3-31-24-15-18(12-14-23(24)32-16(2)29)27-26-20(9-6-10-22(26)30)25-19-8-5-4-7-17(19)11-13-21(25)28-27/h4-5,7-8,11-15,27-28H,3,6,9-10H2,1-2H3/t27-/m0/s1. The van der Waals surface area contributed by atoms with E-state index in [-0.39, 0.29) is 11.8 Å². The van der Waals surface area contributed by atoms with Gasteiger partial charge in [-0.2, -0.15) is 0 Å². The molecule has 1 heterocycles. The van der Waals surface area contributed by atoms with E-state index in [4.69, 9.17) is 9.47 Å². The third kappa shape index (κ3) is 3.44. The van der Waals surface area contributed by atoms with Gasteiger partial charge in [0.15, 0.2) is 17.3 Å². The molecule has 162 valence electrons. The van der Waals surface area contributed by atoms with Crippen LogP contribution in [-0.2, 0) is 9.59 Å². The van der Waals surface area contributed by atoms with E-state index in [0.29, 0.717) is 24.5 Å². The molecule has 2 aliphatic rings. The number of carbonyl (C=O) groups excluding carboxylic acids is 2. The number of Topliss-reactive ketones (excluding diaryl/α,β-unsaturated/α-hetero) is 1. The van der Waals surface area contributed by atoms with Gasteiger partial charge < -0.3 is 14.8 Å². The minimum atomic E-state index is -0.400. The molecule has 1 N–H and O–H groups in total. The molecule has 5 nitrogen and oxygen atoms in total. The first-order valence-electron chi connectivity index (χ1n) is 11.1. The Labute approximate surface area is 187 Å². The van der Waals surface area contributed by atoms with E-state index in [1.165, 1.54) is 17.7 Å². The van der Waals surface area contributed by atoms with E-state index in [1.807, 2.05) is 31.2 Å². The molecule has 0 amide bonds. The van der Waals surface area contributed by atoms with Gasteiger partial charge in [-0.15, -0.1) is 0 Å². The van der Waals surface area contributed by atoms with Crippen LogP contribution in [0.3, 0.4) is 0 Å². The minimum absolute atomic E-state index is 0.185. The Balaban J connectivity index is 1.67. The summed E-state index contributed by atoms with van der Waals surface area (Å²) in [6.07, 6.45) is 2.30. The molecule has 0 fully saturated rings. The van der Waals surface area contributed by atoms with Crippen LogP contribution in [0.4, 0.5) is 5.69 Å². The van der Waals surface area contributed by atoms with Gasteiger partial charge in [0.2, 0.25) is 0 Å². The van der Waals surface area contributed by atoms with Gasteiger partial charge in [0, 0.05) is 30.2 Å². The molecular formula is C27H25NO4. The number of benzene rings is 3. The molecule has 0 bridgehead atoms. The molecule has 0 aromatic heterocycles. The van der Waals surface area contributed by atoms with Crippen LogP contribution in [0.5, 0.6) is 11.5 Å². The summed E-state index contributed by atoms with van der Waals surface area (Å²) >= 11 is 0. The molecule has 0 spiro atoms. The van der Waals surface area contributed by atoms with Gasteiger partial charge in [-0.05, 0) is 59.9 Å². The minimum Gasteiger partial charge on any atom is -0.490 e. The summed E-state index contributed by atoms with van der Waals surface area (Å²) in [7, 11) is 0. The van der Waals surface area contributed by atoms with Gasteiger partial charge in [-0.3, -0.25) is 9.59 Å². The van der Waals surface area contributed by atoms with Gasteiger partial charge in [0.05, 0.1) is 12.6 Å². The maximum absolute atomic E-state index is 13.2. The molecule has 0 radical (unpaired) electrons. The highest BCUT2D eigenvalue weighted by molar-refractivity contribution is 6.12. The number of fused-ring (bicyclic) bond motifs is 4. The van der Waals surface area contributed by atoms with Crippen molar-refractivity contribution in [3.05, 3.63) is 71.3 Å². The Kier molecular flexibility index (Phi) is 5.17. The Hall–Kier alpha value is -3.60. The van der Waals surface area contributed by atoms with Crippen LogP contribution < -0.4 is 14.8 Å². The zero-order valence-electron chi connectivity index (χ0n) is 18.2. The number of anilines is 1.